The average Bonchev–Trinajstić information content (AvgIpc) is 3.50. The zero-order valence-corrected chi connectivity index (χ0v) is 18.7. The summed E-state index contributed by atoms with van der Waals surface area (Å²) >= 11 is 0. The van der Waals surface area contributed by atoms with Crippen LogP contribution in [0.25, 0.3) is 39.1 Å². The summed E-state index contributed by atoms with van der Waals surface area (Å²) in [6, 6.07) is 19.9. The quantitative estimate of drug-likeness (QED) is 0.381. The van der Waals surface area contributed by atoms with Crippen molar-refractivity contribution in [1.29, 1.82) is 0 Å². The predicted molar refractivity (Wildman–Crippen MR) is 132 cm³/mol. The molecule has 0 saturated heterocycles. The number of anilines is 2. The molecular weight excluding hydrogens is 443 g/mol. The first-order valence-electron chi connectivity index (χ1n) is 10.9. The molecule has 2 aromatic carbocycles. The maximum absolute atomic E-state index is 14.7. The molecule has 9 heteroatoms. The van der Waals surface area contributed by atoms with Gasteiger partial charge in [0.05, 0.1) is 17.2 Å². The van der Waals surface area contributed by atoms with Gasteiger partial charge in [0.25, 0.3) is 0 Å². The third kappa shape index (κ3) is 3.99. The van der Waals surface area contributed by atoms with Crippen molar-refractivity contribution in [3.8, 4) is 28.1 Å². The SMILES string of the molecule is Cn1cc(-c2ccc3c(c2)ncn3-c2cc(-c3ccccc3F)cc(Nc3cccnn3)n2)cn1. The number of nitrogens with zero attached hydrogens (tertiary/aromatic N) is 7. The Bertz CT molecular complexity index is 1660. The van der Waals surface area contributed by atoms with Crippen LogP contribution in [0, 0.1) is 5.82 Å². The topological polar surface area (TPSA) is 86.3 Å². The molecule has 0 amide bonds. The molecule has 35 heavy (non-hydrogen) atoms. The van der Waals surface area contributed by atoms with E-state index in [0.29, 0.717) is 28.6 Å². The smallest absolute Gasteiger partial charge is 0.154 e. The Hall–Kier alpha value is -4.92. The second kappa shape index (κ2) is 8.45. The number of imidazole rings is 1. The van der Waals surface area contributed by atoms with E-state index in [0.717, 1.165) is 22.2 Å². The van der Waals surface area contributed by atoms with E-state index >= 15 is 0 Å². The van der Waals surface area contributed by atoms with Gasteiger partial charge in [-0.05, 0) is 53.6 Å². The molecule has 6 rings (SSSR count). The van der Waals surface area contributed by atoms with Crippen LogP contribution in [0.5, 0.6) is 0 Å². The number of aromatic nitrogens is 7. The van der Waals surface area contributed by atoms with Gasteiger partial charge in [-0.3, -0.25) is 9.25 Å². The number of aryl methyl sites for hydroxylation is 1. The zero-order valence-electron chi connectivity index (χ0n) is 18.7. The minimum Gasteiger partial charge on any atom is -0.323 e. The summed E-state index contributed by atoms with van der Waals surface area (Å²) < 4.78 is 18.3. The molecule has 0 saturated carbocycles. The van der Waals surface area contributed by atoms with Gasteiger partial charge in [0.1, 0.15) is 23.8 Å². The van der Waals surface area contributed by atoms with Crippen LogP contribution in [0.1, 0.15) is 0 Å². The van der Waals surface area contributed by atoms with Crippen molar-refractivity contribution in [2.75, 3.05) is 5.32 Å². The van der Waals surface area contributed by atoms with Crippen molar-refractivity contribution in [2.24, 2.45) is 7.05 Å². The lowest BCUT2D eigenvalue weighted by Gasteiger charge is -2.12. The first-order valence-corrected chi connectivity index (χ1v) is 10.9. The van der Waals surface area contributed by atoms with Crippen LogP contribution in [-0.4, -0.2) is 34.5 Å². The van der Waals surface area contributed by atoms with Crippen LogP contribution in [0.2, 0.25) is 0 Å². The zero-order chi connectivity index (χ0) is 23.8. The van der Waals surface area contributed by atoms with Crippen LogP contribution in [0.15, 0.2) is 91.6 Å². The van der Waals surface area contributed by atoms with E-state index in [9.17, 15) is 4.39 Å². The molecule has 1 N–H and O–H groups in total. The predicted octanol–water partition coefficient (Wildman–Crippen LogP) is 5.16. The highest BCUT2D eigenvalue weighted by atomic mass is 19.1. The third-order valence-corrected chi connectivity index (χ3v) is 5.66. The van der Waals surface area contributed by atoms with E-state index in [1.54, 1.807) is 53.6 Å². The minimum absolute atomic E-state index is 0.313. The number of rotatable bonds is 5. The first kappa shape index (κ1) is 20.7. The number of pyridine rings is 1. The van der Waals surface area contributed by atoms with Gasteiger partial charge in [-0.2, -0.15) is 10.2 Å². The van der Waals surface area contributed by atoms with E-state index in [2.05, 4.69) is 25.6 Å². The molecule has 0 atom stereocenters. The molecule has 4 heterocycles. The van der Waals surface area contributed by atoms with Gasteiger partial charge >= 0.3 is 0 Å². The summed E-state index contributed by atoms with van der Waals surface area (Å²) in [5, 5.41) is 15.4. The number of halogens is 1. The summed E-state index contributed by atoms with van der Waals surface area (Å²) in [7, 11) is 1.89. The van der Waals surface area contributed by atoms with Gasteiger partial charge in [0.15, 0.2) is 5.82 Å². The molecule has 0 aliphatic carbocycles. The van der Waals surface area contributed by atoms with Gasteiger partial charge in [0, 0.05) is 30.6 Å². The van der Waals surface area contributed by atoms with Crippen molar-refractivity contribution in [3.05, 3.63) is 97.5 Å². The number of nitrogens with one attached hydrogen (secondary N) is 1. The second-order valence-corrected chi connectivity index (χ2v) is 8.03. The average molecular weight is 462 g/mol. The Morgan fingerprint density at radius 3 is 2.60 bits per heavy atom. The minimum atomic E-state index is -0.313. The molecule has 0 aliphatic heterocycles. The Labute approximate surface area is 199 Å². The highest BCUT2D eigenvalue weighted by molar-refractivity contribution is 5.83. The molecule has 0 spiro atoms. The van der Waals surface area contributed by atoms with E-state index in [4.69, 9.17) is 4.98 Å². The highest BCUT2D eigenvalue weighted by Gasteiger charge is 2.13. The summed E-state index contributed by atoms with van der Waals surface area (Å²) in [4.78, 5) is 9.37. The summed E-state index contributed by atoms with van der Waals surface area (Å²) in [5.41, 5.74) is 4.87. The molecule has 4 aromatic heterocycles. The lowest BCUT2D eigenvalue weighted by molar-refractivity contribution is 0.631. The Balaban J connectivity index is 1.47. The fourth-order valence-corrected chi connectivity index (χ4v) is 4.00. The fraction of sp³-hybridized carbons (Fsp3) is 0.0385. The Kier molecular flexibility index (Phi) is 4.99. The van der Waals surface area contributed by atoms with Crippen LogP contribution in [-0.2, 0) is 7.05 Å². The van der Waals surface area contributed by atoms with Crippen molar-refractivity contribution >= 4 is 22.7 Å². The van der Waals surface area contributed by atoms with Gasteiger partial charge in [-0.1, -0.05) is 24.3 Å². The van der Waals surface area contributed by atoms with Crippen LogP contribution in [0.4, 0.5) is 16.0 Å². The van der Waals surface area contributed by atoms with E-state index < -0.39 is 0 Å². The van der Waals surface area contributed by atoms with E-state index in [1.165, 1.54) is 6.07 Å². The summed E-state index contributed by atoms with van der Waals surface area (Å²) in [6.45, 7) is 0. The van der Waals surface area contributed by atoms with E-state index in [1.807, 2.05) is 48.3 Å². The lowest BCUT2D eigenvalue weighted by Crippen LogP contribution is -2.03. The van der Waals surface area contributed by atoms with E-state index in [-0.39, 0.29) is 5.82 Å². The molecule has 0 radical (unpaired) electrons. The monoisotopic (exact) mass is 462 g/mol. The molecule has 0 bridgehead atoms. The Morgan fingerprint density at radius 1 is 0.886 bits per heavy atom. The maximum Gasteiger partial charge on any atom is 0.154 e. The first-order chi connectivity index (χ1) is 17.1. The number of fused-ring (bicyclic) bond motifs is 1. The third-order valence-electron chi connectivity index (χ3n) is 5.66. The molecule has 6 aromatic rings. The molecular formula is C26H19FN8. The van der Waals surface area contributed by atoms with Crippen LogP contribution < -0.4 is 5.32 Å². The lowest BCUT2D eigenvalue weighted by atomic mass is 10.1. The summed E-state index contributed by atoms with van der Waals surface area (Å²) in [5.74, 6) is 1.32. The standard InChI is InChI=1S/C26H19FN8/c1-34-15-19(14-30-34)17-8-9-23-22(11-17)28-16-35(23)26-13-18(20-5-2-3-6-21(20)27)12-25(32-26)31-24-7-4-10-29-33-24/h2-16H,1H3,(H,31,32,33). The van der Waals surface area contributed by atoms with Gasteiger partial charge in [-0.25, -0.2) is 14.4 Å². The highest BCUT2D eigenvalue weighted by Crippen LogP contribution is 2.30. The normalized spacial score (nSPS) is 11.1. The number of benzene rings is 2. The van der Waals surface area contributed by atoms with Crippen molar-refractivity contribution in [1.82, 2.24) is 34.5 Å². The van der Waals surface area contributed by atoms with Crippen molar-refractivity contribution < 1.29 is 4.39 Å². The Morgan fingerprint density at radius 2 is 1.80 bits per heavy atom. The van der Waals surface area contributed by atoms with Gasteiger partial charge in [0.2, 0.25) is 0 Å². The van der Waals surface area contributed by atoms with Crippen LogP contribution >= 0.6 is 0 Å². The van der Waals surface area contributed by atoms with Crippen LogP contribution in [0.3, 0.4) is 0 Å². The van der Waals surface area contributed by atoms with Gasteiger partial charge < -0.3 is 5.32 Å². The molecule has 0 fully saturated rings. The fourth-order valence-electron chi connectivity index (χ4n) is 4.00. The molecule has 8 nitrogen and oxygen atoms in total. The van der Waals surface area contributed by atoms with Gasteiger partial charge in [-0.15, -0.1) is 5.10 Å². The van der Waals surface area contributed by atoms with Crippen molar-refractivity contribution in [3.63, 3.8) is 0 Å². The van der Waals surface area contributed by atoms with Crippen molar-refractivity contribution in [2.45, 2.75) is 0 Å². The second-order valence-electron chi connectivity index (χ2n) is 8.03. The molecule has 170 valence electrons. The number of hydrogen-bond acceptors (Lipinski definition) is 6. The maximum atomic E-state index is 14.7. The summed E-state index contributed by atoms with van der Waals surface area (Å²) in [6.07, 6.45) is 7.10. The molecule has 0 unspecified atom stereocenters. The molecule has 0 aliphatic rings. The largest absolute Gasteiger partial charge is 0.323 e. The number of hydrogen-bond donors (Lipinski definition) is 1.